The molecule has 1 heterocycles. The quantitative estimate of drug-likeness (QED) is 0.342. The third-order valence-electron chi connectivity index (χ3n) is 5.29. The number of rotatable bonds is 10. The third-order valence-corrected chi connectivity index (χ3v) is 6.60. The molecule has 1 aliphatic heterocycles. The SMILES string of the molecule is CCNC(=NCC1CCN(S(C)(=O)=O)CC1)NCCCN(CC)c1ccccc1. The second kappa shape index (κ2) is 12.0. The predicted octanol–water partition coefficient (Wildman–Crippen LogP) is 2.13. The molecule has 1 saturated heterocycles. The normalized spacial score (nSPS) is 16.6. The van der Waals surface area contributed by atoms with E-state index in [0.29, 0.717) is 19.0 Å². The van der Waals surface area contributed by atoms with Gasteiger partial charge in [0.2, 0.25) is 10.0 Å². The molecule has 1 aromatic carbocycles. The van der Waals surface area contributed by atoms with Gasteiger partial charge in [-0.15, -0.1) is 0 Å². The first-order valence-electron chi connectivity index (χ1n) is 10.7. The fourth-order valence-electron chi connectivity index (χ4n) is 3.57. The van der Waals surface area contributed by atoms with E-state index in [4.69, 9.17) is 4.99 Å². The Labute approximate surface area is 176 Å². The minimum absolute atomic E-state index is 0.442. The average Bonchev–Trinajstić information content (AvgIpc) is 2.72. The Hall–Kier alpha value is -1.80. The zero-order valence-electron chi connectivity index (χ0n) is 18.1. The summed E-state index contributed by atoms with van der Waals surface area (Å²) in [6, 6.07) is 10.5. The summed E-state index contributed by atoms with van der Waals surface area (Å²) in [7, 11) is -3.06. The van der Waals surface area contributed by atoms with Crippen molar-refractivity contribution in [2.24, 2.45) is 10.9 Å². The molecule has 0 atom stereocenters. The summed E-state index contributed by atoms with van der Waals surface area (Å²) in [5.41, 5.74) is 1.26. The minimum Gasteiger partial charge on any atom is -0.372 e. The van der Waals surface area contributed by atoms with E-state index in [-0.39, 0.29) is 0 Å². The van der Waals surface area contributed by atoms with Crippen molar-refractivity contribution in [3.05, 3.63) is 30.3 Å². The molecule has 8 heteroatoms. The molecule has 1 fully saturated rings. The second-order valence-electron chi connectivity index (χ2n) is 7.52. The monoisotopic (exact) mass is 423 g/mol. The fourth-order valence-corrected chi connectivity index (χ4v) is 4.45. The first-order valence-corrected chi connectivity index (χ1v) is 12.6. The van der Waals surface area contributed by atoms with Crippen molar-refractivity contribution in [3.8, 4) is 0 Å². The number of nitrogens with zero attached hydrogens (tertiary/aromatic N) is 3. The van der Waals surface area contributed by atoms with Crippen molar-refractivity contribution < 1.29 is 8.42 Å². The number of piperidine rings is 1. The van der Waals surface area contributed by atoms with Crippen LogP contribution in [0.2, 0.25) is 0 Å². The lowest BCUT2D eigenvalue weighted by atomic mass is 9.98. The molecule has 7 nitrogen and oxygen atoms in total. The van der Waals surface area contributed by atoms with Crippen LogP contribution in [0.3, 0.4) is 0 Å². The lowest BCUT2D eigenvalue weighted by Gasteiger charge is -2.29. The number of nitrogens with one attached hydrogen (secondary N) is 2. The molecule has 2 rings (SSSR count). The van der Waals surface area contributed by atoms with Crippen molar-refractivity contribution in [1.29, 1.82) is 0 Å². The summed E-state index contributed by atoms with van der Waals surface area (Å²) in [5.74, 6) is 1.29. The first kappa shape index (κ1) is 23.5. The Morgan fingerprint density at radius 1 is 1.17 bits per heavy atom. The molecule has 0 aliphatic carbocycles. The van der Waals surface area contributed by atoms with Crippen molar-refractivity contribution in [3.63, 3.8) is 0 Å². The zero-order chi connectivity index (χ0) is 21.1. The van der Waals surface area contributed by atoms with E-state index in [1.807, 2.05) is 6.07 Å². The zero-order valence-corrected chi connectivity index (χ0v) is 18.9. The van der Waals surface area contributed by atoms with E-state index in [9.17, 15) is 8.42 Å². The predicted molar refractivity (Wildman–Crippen MR) is 122 cm³/mol. The molecule has 1 aromatic rings. The molecule has 2 N–H and O–H groups in total. The summed E-state index contributed by atoms with van der Waals surface area (Å²) in [6.07, 6.45) is 4.06. The van der Waals surface area contributed by atoms with Gasteiger partial charge in [-0.05, 0) is 51.2 Å². The molecule has 1 aliphatic rings. The summed E-state index contributed by atoms with van der Waals surface area (Å²) in [5, 5.41) is 6.74. The van der Waals surface area contributed by atoms with Crippen LogP contribution >= 0.6 is 0 Å². The maximum Gasteiger partial charge on any atom is 0.211 e. The Morgan fingerprint density at radius 2 is 1.86 bits per heavy atom. The summed E-state index contributed by atoms with van der Waals surface area (Å²) >= 11 is 0. The van der Waals surface area contributed by atoms with E-state index in [1.54, 1.807) is 4.31 Å². The standard InChI is InChI=1S/C21H37N5O2S/c1-4-22-21(24-18-19-12-16-26(17-13-19)29(3,27)28)23-14-9-15-25(5-2)20-10-7-6-8-11-20/h6-8,10-11,19H,4-5,9,12-18H2,1-3H3,(H2,22,23,24). The Balaban J connectivity index is 1.75. The van der Waals surface area contributed by atoms with Crippen LogP contribution in [0, 0.1) is 5.92 Å². The van der Waals surface area contributed by atoms with E-state index in [1.165, 1.54) is 11.9 Å². The molecule has 0 radical (unpaired) electrons. The van der Waals surface area contributed by atoms with Gasteiger partial charge in [0.1, 0.15) is 0 Å². The second-order valence-corrected chi connectivity index (χ2v) is 9.50. The molecule has 0 spiro atoms. The lowest BCUT2D eigenvalue weighted by molar-refractivity contribution is 0.280. The van der Waals surface area contributed by atoms with Crippen LogP contribution in [0.4, 0.5) is 5.69 Å². The van der Waals surface area contributed by atoms with Gasteiger partial charge in [-0.3, -0.25) is 4.99 Å². The van der Waals surface area contributed by atoms with Crippen molar-refractivity contribution in [2.75, 3.05) is 57.0 Å². The molecule has 0 aromatic heterocycles. The van der Waals surface area contributed by atoms with Gasteiger partial charge >= 0.3 is 0 Å². The van der Waals surface area contributed by atoms with Crippen LogP contribution in [0.25, 0.3) is 0 Å². The van der Waals surface area contributed by atoms with Crippen LogP contribution in [-0.4, -0.2) is 70.8 Å². The highest BCUT2D eigenvalue weighted by Gasteiger charge is 2.24. The first-order chi connectivity index (χ1) is 13.9. The van der Waals surface area contributed by atoms with Crippen molar-refractivity contribution >= 4 is 21.7 Å². The third kappa shape index (κ3) is 8.22. The largest absolute Gasteiger partial charge is 0.372 e. The van der Waals surface area contributed by atoms with Crippen LogP contribution in [-0.2, 0) is 10.0 Å². The summed E-state index contributed by atoms with van der Waals surface area (Å²) < 4.78 is 24.8. The topological polar surface area (TPSA) is 77.0 Å². The minimum atomic E-state index is -3.06. The maximum absolute atomic E-state index is 11.6. The molecule has 0 amide bonds. The summed E-state index contributed by atoms with van der Waals surface area (Å²) in [6.45, 7) is 9.87. The molecule has 0 bridgehead atoms. The van der Waals surface area contributed by atoms with Crippen LogP contribution in [0.1, 0.15) is 33.1 Å². The van der Waals surface area contributed by atoms with E-state index in [2.05, 4.69) is 53.6 Å². The number of para-hydroxylation sites is 1. The van der Waals surface area contributed by atoms with Gasteiger partial charge in [-0.25, -0.2) is 12.7 Å². The molecular weight excluding hydrogens is 386 g/mol. The van der Waals surface area contributed by atoms with Gasteiger partial charge in [0.05, 0.1) is 6.26 Å². The number of aliphatic imine (C=N–C) groups is 1. The lowest BCUT2D eigenvalue weighted by Crippen LogP contribution is -2.40. The van der Waals surface area contributed by atoms with Gasteiger partial charge in [0.25, 0.3) is 0 Å². The highest BCUT2D eigenvalue weighted by Crippen LogP contribution is 2.19. The molecule has 0 saturated carbocycles. The molecule has 29 heavy (non-hydrogen) atoms. The Morgan fingerprint density at radius 3 is 2.45 bits per heavy atom. The highest BCUT2D eigenvalue weighted by molar-refractivity contribution is 7.88. The Kier molecular flexibility index (Phi) is 9.73. The number of sulfonamides is 1. The van der Waals surface area contributed by atoms with Crippen LogP contribution in [0.15, 0.2) is 35.3 Å². The smallest absolute Gasteiger partial charge is 0.211 e. The fraction of sp³-hybridized carbons (Fsp3) is 0.667. The van der Waals surface area contributed by atoms with Gasteiger partial charge in [0, 0.05) is 51.5 Å². The van der Waals surface area contributed by atoms with E-state index < -0.39 is 10.0 Å². The van der Waals surface area contributed by atoms with E-state index >= 15 is 0 Å². The number of hydrogen-bond acceptors (Lipinski definition) is 4. The van der Waals surface area contributed by atoms with Gasteiger partial charge < -0.3 is 15.5 Å². The molecule has 164 valence electrons. The molecular formula is C21H37N5O2S. The van der Waals surface area contributed by atoms with Crippen molar-refractivity contribution in [1.82, 2.24) is 14.9 Å². The van der Waals surface area contributed by atoms with Crippen LogP contribution in [0.5, 0.6) is 0 Å². The van der Waals surface area contributed by atoms with Gasteiger partial charge in [-0.1, -0.05) is 18.2 Å². The van der Waals surface area contributed by atoms with Crippen molar-refractivity contribution in [2.45, 2.75) is 33.1 Å². The average molecular weight is 424 g/mol. The number of benzene rings is 1. The van der Waals surface area contributed by atoms with Gasteiger partial charge in [0.15, 0.2) is 5.96 Å². The molecule has 0 unspecified atom stereocenters. The Bertz CT molecular complexity index is 716. The number of anilines is 1. The number of guanidine groups is 1. The maximum atomic E-state index is 11.6. The number of hydrogen-bond donors (Lipinski definition) is 2. The summed E-state index contributed by atoms with van der Waals surface area (Å²) in [4.78, 5) is 7.11. The van der Waals surface area contributed by atoms with Crippen LogP contribution < -0.4 is 15.5 Å². The van der Waals surface area contributed by atoms with Gasteiger partial charge in [-0.2, -0.15) is 0 Å². The van der Waals surface area contributed by atoms with E-state index in [0.717, 1.165) is 57.9 Å². The highest BCUT2D eigenvalue weighted by atomic mass is 32.2.